The maximum atomic E-state index is 15.5. The van der Waals surface area contributed by atoms with Crippen LogP contribution in [0, 0.1) is 0 Å². The Balaban J connectivity index is 2.72. The number of alkyl halides is 25. The van der Waals surface area contributed by atoms with Gasteiger partial charge in [-0.3, -0.25) is 4.74 Å². The van der Waals surface area contributed by atoms with Crippen molar-refractivity contribution in [1.82, 2.24) is 0 Å². The highest BCUT2D eigenvalue weighted by molar-refractivity contribution is 5.56. The van der Waals surface area contributed by atoms with E-state index in [4.69, 9.17) is 0 Å². The van der Waals surface area contributed by atoms with E-state index < -0.39 is 88.1 Å². The van der Waals surface area contributed by atoms with Gasteiger partial charge in [-0.05, 0) is 4.53 Å². The SMILES string of the molecule is FOC(F)(C(F)(F)OC1(C(F)(F)F)C2(F)C(F)(F)C3(F)C(F)(F)C(F)(C2(F)F)C(F)(F)C1(F)C3(F)F)C(F)(F)C(F)(F)F. The summed E-state index contributed by atoms with van der Waals surface area (Å²) in [5.74, 6) is -62.6. The molecule has 254 valence electrons. The average molecular weight is 706 g/mol. The van der Waals surface area contributed by atoms with Crippen molar-refractivity contribution in [2.75, 3.05) is 0 Å². The summed E-state index contributed by atoms with van der Waals surface area (Å²) in [6, 6.07) is 0. The lowest BCUT2D eigenvalue weighted by Gasteiger charge is -2.76. The monoisotopic (exact) mass is 706 g/mol. The molecule has 4 fully saturated rings. The van der Waals surface area contributed by atoms with Crippen molar-refractivity contribution in [3.63, 3.8) is 0 Å². The van der Waals surface area contributed by atoms with Crippen LogP contribution in [0.3, 0.4) is 0 Å². The van der Waals surface area contributed by atoms with Gasteiger partial charge >= 0.3 is 71.2 Å². The number of rotatable bonds is 5. The van der Waals surface area contributed by atoms with E-state index in [0.29, 0.717) is 0 Å². The van der Waals surface area contributed by atoms with E-state index in [0.717, 1.165) is 4.94 Å². The van der Waals surface area contributed by atoms with Crippen LogP contribution in [0.15, 0.2) is 0 Å². The van der Waals surface area contributed by atoms with Gasteiger partial charge in [0.1, 0.15) is 0 Å². The Labute approximate surface area is 213 Å². The molecule has 0 aromatic heterocycles. The van der Waals surface area contributed by atoms with Crippen LogP contribution in [0.5, 0.6) is 0 Å². The molecule has 0 heterocycles. The summed E-state index contributed by atoms with van der Waals surface area (Å²) < 4.78 is 368. The molecular formula is C15F26O2. The van der Waals surface area contributed by atoms with Crippen molar-refractivity contribution in [2.24, 2.45) is 0 Å². The summed E-state index contributed by atoms with van der Waals surface area (Å²) >= 11 is 0. The lowest BCUT2D eigenvalue weighted by Crippen LogP contribution is -3.11. The molecule has 4 aliphatic rings. The standard InChI is InChI=1S/C15F26O2/c16-1-5(13(33,34)35,42-15(39,40)12(32,43-41)11(30,31)14(36,37)38)2(17)8(24,25)3(18,6(1,20)21)10(28,29)4(19,7(1,22)23)9(2,26)27. The molecule has 43 heavy (non-hydrogen) atoms. The predicted octanol–water partition coefficient (Wildman–Crippen LogP) is 7.71. The van der Waals surface area contributed by atoms with Crippen molar-refractivity contribution >= 4 is 0 Å². The van der Waals surface area contributed by atoms with Crippen LogP contribution in [0.1, 0.15) is 0 Å². The van der Waals surface area contributed by atoms with Gasteiger partial charge in [-0.2, -0.15) is 92.2 Å². The Morgan fingerprint density at radius 1 is 0.395 bits per heavy atom. The van der Waals surface area contributed by atoms with Crippen molar-refractivity contribution in [3.8, 4) is 0 Å². The van der Waals surface area contributed by atoms with E-state index in [1.807, 2.05) is 0 Å². The first-order chi connectivity index (χ1) is 18.3. The zero-order valence-corrected chi connectivity index (χ0v) is 18.1. The maximum Gasteiger partial charge on any atom is 0.460 e. The van der Waals surface area contributed by atoms with Gasteiger partial charge in [-0.15, -0.1) is 4.94 Å². The molecule has 2 nitrogen and oxygen atoms in total. The van der Waals surface area contributed by atoms with E-state index in [1.165, 1.54) is 4.74 Å². The molecule has 1 unspecified atom stereocenters. The Bertz CT molecular complexity index is 1110. The third-order valence-electron chi connectivity index (χ3n) is 7.22. The van der Waals surface area contributed by atoms with Gasteiger partial charge < -0.3 is 0 Å². The van der Waals surface area contributed by atoms with E-state index in [2.05, 4.69) is 0 Å². The predicted molar refractivity (Wildman–Crippen MR) is 71.9 cm³/mol. The third kappa shape index (κ3) is 2.55. The molecule has 0 saturated heterocycles. The fourth-order valence-corrected chi connectivity index (χ4v) is 5.19. The summed E-state index contributed by atoms with van der Waals surface area (Å²) in [4.78, 5) is 0.750. The number of ether oxygens (including phenoxy) is 1. The molecule has 0 amide bonds. The van der Waals surface area contributed by atoms with Crippen molar-refractivity contribution in [2.45, 2.75) is 88.1 Å². The van der Waals surface area contributed by atoms with E-state index >= 15 is 8.78 Å². The van der Waals surface area contributed by atoms with Gasteiger partial charge in [0, 0.05) is 0 Å². The minimum absolute atomic E-state index is 0.750. The lowest BCUT2D eigenvalue weighted by molar-refractivity contribution is -0.639. The van der Waals surface area contributed by atoms with Gasteiger partial charge in [-0.1, -0.05) is 0 Å². The summed E-state index contributed by atoms with van der Waals surface area (Å²) in [6.07, 6.45) is -26.6. The summed E-state index contributed by atoms with van der Waals surface area (Å²) in [7, 11) is 0. The summed E-state index contributed by atoms with van der Waals surface area (Å²) in [5, 5.41) is 0. The van der Waals surface area contributed by atoms with Crippen molar-refractivity contribution < 1.29 is 124 Å². The van der Waals surface area contributed by atoms with Crippen LogP contribution in [0.4, 0.5) is 114 Å². The first-order valence-electron chi connectivity index (χ1n) is 9.49. The van der Waals surface area contributed by atoms with Gasteiger partial charge in [0.25, 0.3) is 16.9 Å². The Morgan fingerprint density at radius 2 is 0.651 bits per heavy atom. The molecule has 4 aliphatic carbocycles. The van der Waals surface area contributed by atoms with E-state index in [1.54, 1.807) is 0 Å². The highest BCUT2D eigenvalue weighted by atomic mass is 19.4. The topological polar surface area (TPSA) is 18.5 Å². The first kappa shape index (κ1) is 35.6. The van der Waals surface area contributed by atoms with Gasteiger partial charge in [0.05, 0.1) is 0 Å². The van der Waals surface area contributed by atoms with Crippen molar-refractivity contribution in [1.29, 1.82) is 0 Å². The van der Waals surface area contributed by atoms with Crippen LogP contribution >= 0.6 is 0 Å². The Morgan fingerprint density at radius 3 is 0.860 bits per heavy atom. The molecule has 0 spiro atoms. The quantitative estimate of drug-likeness (QED) is 0.273. The van der Waals surface area contributed by atoms with Crippen LogP contribution in [-0.2, 0) is 9.68 Å². The molecular weight excluding hydrogens is 706 g/mol. The Hall–Kier alpha value is -1.90. The van der Waals surface area contributed by atoms with Crippen molar-refractivity contribution in [3.05, 3.63) is 0 Å². The smallest absolute Gasteiger partial charge is 0.291 e. The number of hydrogen-bond acceptors (Lipinski definition) is 2. The number of halogens is 26. The molecule has 1 atom stereocenters. The molecule has 0 aromatic rings. The lowest BCUT2D eigenvalue weighted by atomic mass is 9.37. The zero-order valence-electron chi connectivity index (χ0n) is 18.1. The van der Waals surface area contributed by atoms with Gasteiger partial charge in [0.15, 0.2) is 0 Å². The molecule has 0 aromatic carbocycles. The Kier molecular flexibility index (Phi) is 6.25. The second kappa shape index (κ2) is 7.55. The molecule has 0 aliphatic heterocycles. The fourth-order valence-electron chi connectivity index (χ4n) is 5.19. The molecule has 0 N–H and O–H groups in total. The van der Waals surface area contributed by atoms with Crippen LogP contribution in [0.25, 0.3) is 0 Å². The van der Waals surface area contributed by atoms with Gasteiger partial charge in [0.2, 0.25) is 0 Å². The zero-order chi connectivity index (χ0) is 34.9. The van der Waals surface area contributed by atoms with Crippen LogP contribution in [-0.4, -0.2) is 88.1 Å². The van der Waals surface area contributed by atoms with E-state index in [-0.39, 0.29) is 0 Å². The average Bonchev–Trinajstić information content (AvgIpc) is 2.79. The highest BCUT2D eigenvalue weighted by Gasteiger charge is 3.25. The number of hydrogen-bond donors (Lipinski definition) is 0. The second-order valence-corrected chi connectivity index (χ2v) is 9.05. The highest BCUT2D eigenvalue weighted by Crippen LogP contribution is 2.90. The largest absolute Gasteiger partial charge is 0.460 e. The minimum atomic E-state index is -9.53. The summed E-state index contributed by atoms with van der Waals surface area (Å²) in [6.45, 7) is 0. The molecule has 4 rings (SSSR count). The molecule has 4 saturated carbocycles. The molecule has 0 radical (unpaired) electrons. The van der Waals surface area contributed by atoms with E-state index in [9.17, 15) is 106 Å². The minimum Gasteiger partial charge on any atom is -0.291 e. The van der Waals surface area contributed by atoms with Gasteiger partial charge in [-0.25, -0.2) is 17.6 Å². The normalized spacial score (nSPS) is 42.6. The molecule has 4 bridgehead atoms. The van der Waals surface area contributed by atoms with Crippen LogP contribution < -0.4 is 0 Å². The second-order valence-electron chi connectivity index (χ2n) is 9.05. The molecule has 28 heteroatoms. The summed E-state index contributed by atoms with van der Waals surface area (Å²) in [5.41, 5.74) is -45.9. The fraction of sp³-hybridized carbons (Fsp3) is 1.00. The van der Waals surface area contributed by atoms with Crippen LogP contribution in [0.2, 0.25) is 0 Å². The third-order valence-corrected chi connectivity index (χ3v) is 7.22. The first-order valence-corrected chi connectivity index (χ1v) is 9.49. The maximum absolute atomic E-state index is 15.5.